The summed E-state index contributed by atoms with van der Waals surface area (Å²) in [6, 6.07) is 6.33. The van der Waals surface area contributed by atoms with Gasteiger partial charge in [-0.15, -0.1) is 0 Å². The van der Waals surface area contributed by atoms with Crippen molar-refractivity contribution in [1.29, 1.82) is 0 Å². The van der Waals surface area contributed by atoms with E-state index in [1.807, 2.05) is 18.2 Å². The second kappa shape index (κ2) is 5.17. The van der Waals surface area contributed by atoms with E-state index in [2.05, 4.69) is 10.6 Å². The average molecular weight is 245 g/mol. The topological polar surface area (TPSA) is 24.1 Å². The second-order valence-electron chi connectivity index (χ2n) is 3.81. The van der Waals surface area contributed by atoms with Gasteiger partial charge in [0.1, 0.15) is 0 Å². The molecule has 0 spiro atoms. The lowest BCUT2D eigenvalue weighted by molar-refractivity contribution is 0.416. The molecule has 4 heteroatoms. The summed E-state index contributed by atoms with van der Waals surface area (Å²) >= 11 is 11.8. The largest absolute Gasteiger partial charge is 0.314 e. The van der Waals surface area contributed by atoms with Crippen LogP contribution in [0.3, 0.4) is 0 Å². The van der Waals surface area contributed by atoms with Crippen LogP contribution < -0.4 is 10.6 Å². The zero-order valence-corrected chi connectivity index (χ0v) is 9.91. The fourth-order valence-corrected chi connectivity index (χ4v) is 2.13. The third-order valence-electron chi connectivity index (χ3n) is 2.59. The van der Waals surface area contributed by atoms with Gasteiger partial charge < -0.3 is 10.6 Å². The summed E-state index contributed by atoms with van der Waals surface area (Å²) in [6.07, 6.45) is 0.990. The lowest BCUT2D eigenvalue weighted by Crippen LogP contribution is -2.49. The highest BCUT2D eigenvalue weighted by atomic mass is 35.5. The molecule has 1 atom stereocenters. The smallest absolute Gasteiger partial charge is 0.0595 e. The molecule has 0 aliphatic carbocycles. The van der Waals surface area contributed by atoms with Gasteiger partial charge in [0.25, 0.3) is 0 Å². The van der Waals surface area contributed by atoms with E-state index in [0.29, 0.717) is 16.1 Å². The maximum Gasteiger partial charge on any atom is 0.0595 e. The molecule has 2 nitrogen and oxygen atoms in total. The number of halogens is 2. The monoisotopic (exact) mass is 244 g/mol. The summed E-state index contributed by atoms with van der Waals surface area (Å²) < 4.78 is 0. The Bertz CT molecular complexity index is 335. The quantitative estimate of drug-likeness (QED) is 0.833. The molecule has 1 aliphatic rings. The number of piperazine rings is 1. The number of hydrogen-bond donors (Lipinski definition) is 2. The highest BCUT2D eigenvalue weighted by Crippen LogP contribution is 2.23. The minimum absolute atomic E-state index is 0.496. The Morgan fingerprint density at radius 1 is 1.20 bits per heavy atom. The minimum atomic E-state index is 0.496. The molecule has 15 heavy (non-hydrogen) atoms. The van der Waals surface area contributed by atoms with E-state index in [-0.39, 0.29) is 0 Å². The van der Waals surface area contributed by atoms with Gasteiger partial charge in [0, 0.05) is 25.7 Å². The molecule has 2 N–H and O–H groups in total. The van der Waals surface area contributed by atoms with Crippen LogP contribution in [0, 0.1) is 0 Å². The number of rotatable bonds is 2. The normalized spacial score (nSPS) is 21.6. The number of hydrogen-bond acceptors (Lipinski definition) is 2. The molecular weight excluding hydrogens is 231 g/mol. The van der Waals surface area contributed by atoms with Gasteiger partial charge in [-0.1, -0.05) is 29.3 Å². The summed E-state index contributed by atoms with van der Waals surface area (Å²) in [6.45, 7) is 3.10. The van der Waals surface area contributed by atoms with Crippen molar-refractivity contribution in [1.82, 2.24) is 10.6 Å². The molecule has 1 saturated heterocycles. The Kier molecular flexibility index (Phi) is 3.87. The zero-order valence-electron chi connectivity index (χ0n) is 8.39. The first-order chi connectivity index (χ1) is 7.25. The van der Waals surface area contributed by atoms with E-state index in [9.17, 15) is 0 Å². The van der Waals surface area contributed by atoms with Crippen molar-refractivity contribution in [3.8, 4) is 0 Å². The summed E-state index contributed by atoms with van der Waals surface area (Å²) in [5.41, 5.74) is 1.23. The van der Waals surface area contributed by atoms with E-state index < -0.39 is 0 Å². The molecule has 0 radical (unpaired) electrons. The SMILES string of the molecule is Clc1ccc(C[C@@H]2CNCCN2)cc1Cl. The van der Waals surface area contributed by atoms with Crippen LogP contribution in [-0.2, 0) is 6.42 Å². The van der Waals surface area contributed by atoms with Gasteiger partial charge in [0.15, 0.2) is 0 Å². The van der Waals surface area contributed by atoms with E-state index in [0.717, 1.165) is 26.1 Å². The van der Waals surface area contributed by atoms with E-state index in [1.54, 1.807) is 0 Å². The minimum Gasteiger partial charge on any atom is -0.314 e. The molecule has 1 aliphatic heterocycles. The predicted molar refractivity (Wildman–Crippen MR) is 64.8 cm³/mol. The van der Waals surface area contributed by atoms with Crippen molar-refractivity contribution < 1.29 is 0 Å². The Hall–Kier alpha value is -0.280. The Morgan fingerprint density at radius 2 is 2.07 bits per heavy atom. The van der Waals surface area contributed by atoms with Gasteiger partial charge >= 0.3 is 0 Å². The van der Waals surface area contributed by atoms with Crippen molar-refractivity contribution in [3.63, 3.8) is 0 Å². The van der Waals surface area contributed by atoms with Gasteiger partial charge in [0.2, 0.25) is 0 Å². The van der Waals surface area contributed by atoms with Crippen LogP contribution in [0.15, 0.2) is 18.2 Å². The van der Waals surface area contributed by atoms with Crippen LogP contribution in [0.5, 0.6) is 0 Å². The molecule has 0 bridgehead atoms. The van der Waals surface area contributed by atoms with E-state index in [4.69, 9.17) is 23.2 Å². The van der Waals surface area contributed by atoms with Gasteiger partial charge in [-0.05, 0) is 24.1 Å². The maximum absolute atomic E-state index is 5.96. The van der Waals surface area contributed by atoms with Gasteiger partial charge in [-0.3, -0.25) is 0 Å². The number of nitrogens with one attached hydrogen (secondary N) is 2. The summed E-state index contributed by atoms with van der Waals surface area (Å²) in [5, 5.41) is 8.08. The Morgan fingerprint density at radius 3 is 2.73 bits per heavy atom. The molecule has 1 heterocycles. The fourth-order valence-electron chi connectivity index (χ4n) is 1.81. The third-order valence-corrected chi connectivity index (χ3v) is 3.33. The first-order valence-electron chi connectivity index (χ1n) is 5.14. The van der Waals surface area contributed by atoms with Crippen LogP contribution in [0.2, 0.25) is 10.0 Å². The van der Waals surface area contributed by atoms with Crippen molar-refractivity contribution in [2.24, 2.45) is 0 Å². The molecule has 2 rings (SSSR count). The Labute approximate surface area is 100.0 Å². The van der Waals surface area contributed by atoms with E-state index >= 15 is 0 Å². The zero-order chi connectivity index (χ0) is 10.7. The third kappa shape index (κ3) is 3.08. The van der Waals surface area contributed by atoms with Gasteiger partial charge in [-0.2, -0.15) is 0 Å². The summed E-state index contributed by atoms with van der Waals surface area (Å²) in [5.74, 6) is 0. The standard InChI is InChI=1S/C11H14Cl2N2/c12-10-2-1-8(6-11(10)13)5-9-7-14-3-4-15-9/h1-2,6,9,14-15H,3-5,7H2/t9-/m1/s1. The van der Waals surface area contributed by atoms with Crippen LogP contribution in [0.1, 0.15) is 5.56 Å². The Balaban J connectivity index is 2.00. The first kappa shape index (κ1) is 11.2. The molecule has 1 fully saturated rings. The van der Waals surface area contributed by atoms with Crippen LogP contribution in [-0.4, -0.2) is 25.7 Å². The van der Waals surface area contributed by atoms with Gasteiger partial charge in [0.05, 0.1) is 10.0 Å². The maximum atomic E-state index is 5.96. The number of benzene rings is 1. The summed E-state index contributed by atoms with van der Waals surface area (Å²) in [4.78, 5) is 0. The second-order valence-corrected chi connectivity index (χ2v) is 4.62. The van der Waals surface area contributed by atoms with Crippen LogP contribution in [0.4, 0.5) is 0 Å². The van der Waals surface area contributed by atoms with E-state index in [1.165, 1.54) is 5.56 Å². The molecular formula is C11H14Cl2N2. The molecule has 0 aromatic heterocycles. The predicted octanol–water partition coefficient (Wildman–Crippen LogP) is 2.10. The lowest BCUT2D eigenvalue weighted by atomic mass is 10.0. The van der Waals surface area contributed by atoms with Gasteiger partial charge in [-0.25, -0.2) is 0 Å². The molecule has 1 aromatic carbocycles. The van der Waals surface area contributed by atoms with Crippen molar-refractivity contribution in [3.05, 3.63) is 33.8 Å². The van der Waals surface area contributed by atoms with Crippen molar-refractivity contribution >= 4 is 23.2 Å². The van der Waals surface area contributed by atoms with Crippen molar-refractivity contribution in [2.75, 3.05) is 19.6 Å². The highest BCUT2D eigenvalue weighted by molar-refractivity contribution is 6.42. The molecule has 1 aromatic rings. The van der Waals surface area contributed by atoms with Crippen LogP contribution >= 0.6 is 23.2 Å². The highest BCUT2D eigenvalue weighted by Gasteiger charge is 2.12. The molecule has 0 saturated carbocycles. The molecule has 0 amide bonds. The van der Waals surface area contributed by atoms with Crippen molar-refractivity contribution in [2.45, 2.75) is 12.5 Å². The summed E-state index contributed by atoms with van der Waals surface area (Å²) in [7, 11) is 0. The fraction of sp³-hybridized carbons (Fsp3) is 0.455. The average Bonchev–Trinajstić information content (AvgIpc) is 2.25. The van der Waals surface area contributed by atoms with Crippen LogP contribution in [0.25, 0.3) is 0 Å². The molecule has 0 unspecified atom stereocenters. The lowest BCUT2D eigenvalue weighted by Gasteiger charge is -2.24. The first-order valence-corrected chi connectivity index (χ1v) is 5.89. The molecule has 82 valence electrons.